The summed E-state index contributed by atoms with van der Waals surface area (Å²) in [6, 6.07) is 7.63. The quantitative estimate of drug-likeness (QED) is 0.835. The molecule has 92 valence electrons. The molecule has 0 radical (unpaired) electrons. The van der Waals surface area contributed by atoms with Gasteiger partial charge in [0.25, 0.3) is 0 Å². The Kier molecular flexibility index (Phi) is 3.20. The van der Waals surface area contributed by atoms with Gasteiger partial charge in [0.05, 0.1) is 0 Å². The number of rotatable bonds is 3. The summed E-state index contributed by atoms with van der Waals surface area (Å²) in [6.45, 7) is 6.46. The van der Waals surface area contributed by atoms with Crippen LogP contribution < -0.4 is 5.32 Å². The number of benzene rings is 1. The van der Waals surface area contributed by atoms with Crippen LogP contribution in [-0.2, 0) is 0 Å². The van der Waals surface area contributed by atoms with E-state index >= 15 is 0 Å². The first-order valence-electron chi connectivity index (χ1n) is 5.92. The maximum absolute atomic E-state index is 14.0. The fraction of sp³-hybridized carbons (Fsp3) is 0.429. The molecule has 2 rings (SSSR count). The molecule has 0 amide bonds. The van der Waals surface area contributed by atoms with E-state index in [4.69, 9.17) is 0 Å². The number of hydrogen-bond donors (Lipinski definition) is 2. The standard InChI is InChI=1S/C14H19FN2/c1-14(2,3)17-9-12(15)10-4-5-13-11(8-10)6-7-16-13/h4-8,12,16-17H,9H2,1-3H3. The largest absolute Gasteiger partial charge is 0.361 e. The van der Waals surface area contributed by atoms with Crippen LogP contribution in [0.4, 0.5) is 4.39 Å². The molecule has 1 heterocycles. The maximum atomic E-state index is 14.0. The lowest BCUT2D eigenvalue weighted by Gasteiger charge is -2.22. The summed E-state index contributed by atoms with van der Waals surface area (Å²) >= 11 is 0. The van der Waals surface area contributed by atoms with Crippen molar-refractivity contribution in [3.05, 3.63) is 36.0 Å². The Bertz CT molecular complexity index is 496. The Morgan fingerprint density at radius 2 is 2.06 bits per heavy atom. The minimum absolute atomic E-state index is 0.0530. The van der Waals surface area contributed by atoms with Crippen LogP contribution in [-0.4, -0.2) is 17.1 Å². The van der Waals surface area contributed by atoms with Crippen LogP contribution in [0.1, 0.15) is 32.5 Å². The van der Waals surface area contributed by atoms with E-state index in [1.54, 1.807) is 0 Å². The van der Waals surface area contributed by atoms with Crippen LogP contribution in [0.3, 0.4) is 0 Å². The number of halogens is 1. The van der Waals surface area contributed by atoms with Crippen molar-refractivity contribution in [1.29, 1.82) is 0 Å². The van der Waals surface area contributed by atoms with Gasteiger partial charge in [-0.05, 0) is 49.9 Å². The van der Waals surface area contributed by atoms with Crippen molar-refractivity contribution < 1.29 is 4.39 Å². The molecular weight excluding hydrogens is 215 g/mol. The molecule has 0 fully saturated rings. The highest BCUT2D eigenvalue weighted by Crippen LogP contribution is 2.22. The molecule has 1 aromatic carbocycles. The molecule has 2 nitrogen and oxygen atoms in total. The molecule has 0 aliphatic heterocycles. The van der Waals surface area contributed by atoms with Gasteiger partial charge in [-0.25, -0.2) is 4.39 Å². The third-order valence-corrected chi connectivity index (χ3v) is 2.75. The monoisotopic (exact) mass is 234 g/mol. The first kappa shape index (κ1) is 12.1. The highest BCUT2D eigenvalue weighted by molar-refractivity contribution is 5.80. The van der Waals surface area contributed by atoms with Crippen LogP contribution in [0.5, 0.6) is 0 Å². The second kappa shape index (κ2) is 4.49. The highest BCUT2D eigenvalue weighted by Gasteiger charge is 2.15. The summed E-state index contributed by atoms with van der Waals surface area (Å²) in [5.74, 6) is 0. The third-order valence-electron chi connectivity index (χ3n) is 2.75. The number of aromatic amines is 1. The molecular formula is C14H19FN2. The van der Waals surface area contributed by atoms with Crippen LogP contribution >= 0.6 is 0 Å². The van der Waals surface area contributed by atoms with Gasteiger partial charge in [0.15, 0.2) is 0 Å². The Hall–Kier alpha value is -1.35. The van der Waals surface area contributed by atoms with Crippen molar-refractivity contribution in [3.63, 3.8) is 0 Å². The Labute approximate surface area is 101 Å². The van der Waals surface area contributed by atoms with E-state index in [9.17, 15) is 4.39 Å². The van der Waals surface area contributed by atoms with Gasteiger partial charge in [-0.3, -0.25) is 0 Å². The van der Waals surface area contributed by atoms with Gasteiger partial charge in [0.1, 0.15) is 6.17 Å². The Balaban J connectivity index is 2.10. The van der Waals surface area contributed by atoms with Gasteiger partial charge in [0.2, 0.25) is 0 Å². The fourth-order valence-corrected chi connectivity index (χ4v) is 1.78. The zero-order chi connectivity index (χ0) is 12.5. The molecule has 1 aromatic heterocycles. The topological polar surface area (TPSA) is 27.8 Å². The minimum atomic E-state index is -0.964. The first-order chi connectivity index (χ1) is 7.96. The zero-order valence-electron chi connectivity index (χ0n) is 10.5. The van der Waals surface area contributed by atoms with Gasteiger partial charge in [-0.2, -0.15) is 0 Å². The van der Waals surface area contributed by atoms with Crippen LogP contribution in [0.15, 0.2) is 30.5 Å². The van der Waals surface area contributed by atoms with E-state index in [1.165, 1.54) is 0 Å². The summed E-state index contributed by atoms with van der Waals surface area (Å²) in [7, 11) is 0. The van der Waals surface area contributed by atoms with E-state index in [0.29, 0.717) is 6.54 Å². The van der Waals surface area contributed by atoms with Crippen LogP contribution in [0, 0.1) is 0 Å². The summed E-state index contributed by atoms with van der Waals surface area (Å²) < 4.78 is 14.0. The summed E-state index contributed by atoms with van der Waals surface area (Å²) in [4.78, 5) is 3.10. The van der Waals surface area contributed by atoms with Crippen molar-refractivity contribution in [2.24, 2.45) is 0 Å². The highest BCUT2D eigenvalue weighted by atomic mass is 19.1. The van der Waals surface area contributed by atoms with E-state index < -0.39 is 6.17 Å². The second-order valence-corrected chi connectivity index (χ2v) is 5.42. The van der Waals surface area contributed by atoms with Gasteiger partial charge in [0, 0.05) is 23.8 Å². The molecule has 0 aliphatic rings. The van der Waals surface area contributed by atoms with Crippen molar-refractivity contribution in [3.8, 4) is 0 Å². The predicted octanol–water partition coefficient (Wildman–Crippen LogP) is 3.57. The fourth-order valence-electron chi connectivity index (χ4n) is 1.78. The minimum Gasteiger partial charge on any atom is -0.361 e. The molecule has 1 unspecified atom stereocenters. The van der Waals surface area contributed by atoms with E-state index in [1.807, 2.05) is 51.2 Å². The van der Waals surface area contributed by atoms with Crippen molar-refractivity contribution in [1.82, 2.24) is 10.3 Å². The second-order valence-electron chi connectivity index (χ2n) is 5.42. The Morgan fingerprint density at radius 3 is 2.76 bits per heavy atom. The van der Waals surface area contributed by atoms with Gasteiger partial charge >= 0.3 is 0 Å². The van der Waals surface area contributed by atoms with Gasteiger partial charge in [-0.15, -0.1) is 0 Å². The van der Waals surface area contributed by atoms with Crippen molar-refractivity contribution in [2.75, 3.05) is 6.54 Å². The molecule has 0 saturated heterocycles. The van der Waals surface area contributed by atoms with Gasteiger partial charge in [-0.1, -0.05) is 6.07 Å². The zero-order valence-corrected chi connectivity index (χ0v) is 10.5. The number of hydrogen-bond acceptors (Lipinski definition) is 1. The molecule has 3 heteroatoms. The molecule has 0 spiro atoms. The lowest BCUT2D eigenvalue weighted by atomic mass is 10.1. The maximum Gasteiger partial charge on any atom is 0.138 e. The lowest BCUT2D eigenvalue weighted by Crippen LogP contribution is -2.37. The number of nitrogens with one attached hydrogen (secondary N) is 2. The predicted molar refractivity (Wildman–Crippen MR) is 69.9 cm³/mol. The first-order valence-corrected chi connectivity index (χ1v) is 5.92. The molecule has 2 N–H and O–H groups in total. The lowest BCUT2D eigenvalue weighted by molar-refractivity contribution is 0.292. The summed E-state index contributed by atoms with van der Waals surface area (Å²) in [5, 5.41) is 4.24. The third kappa shape index (κ3) is 3.07. The molecule has 1 atom stereocenters. The number of H-pyrrole nitrogens is 1. The van der Waals surface area contributed by atoms with Crippen molar-refractivity contribution >= 4 is 10.9 Å². The smallest absolute Gasteiger partial charge is 0.138 e. The summed E-state index contributed by atoms with van der Waals surface area (Å²) in [6.07, 6.45) is 0.906. The number of aromatic nitrogens is 1. The van der Waals surface area contributed by atoms with E-state index in [-0.39, 0.29) is 5.54 Å². The number of alkyl halides is 1. The Morgan fingerprint density at radius 1 is 1.29 bits per heavy atom. The molecule has 0 saturated carbocycles. The molecule has 17 heavy (non-hydrogen) atoms. The molecule has 2 aromatic rings. The van der Waals surface area contributed by atoms with Crippen molar-refractivity contribution in [2.45, 2.75) is 32.5 Å². The number of fused-ring (bicyclic) bond motifs is 1. The van der Waals surface area contributed by atoms with Gasteiger partial charge < -0.3 is 10.3 Å². The van der Waals surface area contributed by atoms with Crippen LogP contribution in [0.2, 0.25) is 0 Å². The average Bonchev–Trinajstić information content (AvgIpc) is 2.71. The SMILES string of the molecule is CC(C)(C)NCC(F)c1ccc2[nH]ccc2c1. The summed E-state index contributed by atoms with van der Waals surface area (Å²) in [5.41, 5.74) is 1.72. The van der Waals surface area contributed by atoms with Crippen LogP contribution in [0.25, 0.3) is 10.9 Å². The van der Waals surface area contributed by atoms with E-state index in [2.05, 4.69) is 10.3 Å². The molecule has 0 aliphatic carbocycles. The molecule has 0 bridgehead atoms. The normalized spacial score (nSPS) is 14.1. The van der Waals surface area contributed by atoms with E-state index in [0.717, 1.165) is 16.5 Å². The average molecular weight is 234 g/mol.